The van der Waals surface area contributed by atoms with Gasteiger partial charge in [0.25, 0.3) is 5.97 Å². The molecule has 1 aromatic carbocycles. The van der Waals surface area contributed by atoms with Crippen LogP contribution in [-0.2, 0) is 11.3 Å². The van der Waals surface area contributed by atoms with E-state index in [2.05, 4.69) is 21.7 Å². The third-order valence-electron chi connectivity index (χ3n) is 1.77. The Balaban J connectivity index is 0.000000280. The minimum atomic E-state index is -0.833. The summed E-state index contributed by atoms with van der Waals surface area (Å²) in [6, 6.07) is 10.3. The highest BCUT2D eigenvalue weighted by Gasteiger charge is 1.91. The number of rotatable bonds is 2. The van der Waals surface area contributed by atoms with E-state index in [1.807, 2.05) is 30.7 Å². The van der Waals surface area contributed by atoms with Crippen LogP contribution in [0.15, 0.2) is 49.1 Å². The number of carboxylic acids is 1. The molecule has 0 atom stereocenters. The Morgan fingerprint density at radius 1 is 1.38 bits per heavy atom. The summed E-state index contributed by atoms with van der Waals surface area (Å²) in [6.45, 7) is 1.99. The maximum absolute atomic E-state index is 9.00. The van der Waals surface area contributed by atoms with Gasteiger partial charge in [0.15, 0.2) is 0 Å². The van der Waals surface area contributed by atoms with E-state index in [0.717, 1.165) is 13.5 Å². The normalized spacial score (nSPS) is 9.06. The highest BCUT2D eigenvalue weighted by Crippen LogP contribution is 2.00. The van der Waals surface area contributed by atoms with E-state index in [9.17, 15) is 0 Å². The lowest BCUT2D eigenvalue weighted by atomic mass is 10.2. The SMILES string of the molecule is CC(=O)O.c1ccc(Cn2ccnc2)cc1. The zero-order valence-electron chi connectivity index (χ0n) is 9.08. The molecule has 16 heavy (non-hydrogen) atoms. The fourth-order valence-electron chi connectivity index (χ4n) is 1.17. The van der Waals surface area contributed by atoms with Gasteiger partial charge in [-0.05, 0) is 5.56 Å². The minimum Gasteiger partial charge on any atom is -0.481 e. The molecule has 0 unspecified atom stereocenters. The molecular weight excluding hydrogens is 204 g/mol. The van der Waals surface area contributed by atoms with Gasteiger partial charge < -0.3 is 9.67 Å². The quantitative estimate of drug-likeness (QED) is 0.839. The second kappa shape index (κ2) is 6.40. The van der Waals surface area contributed by atoms with Crippen LogP contribution in [0.3, 0.4) is 0 Å². The first-order valence-electron chi connectivity index (χ1n) is 4.87. The van der Waals surface area contributed by atoms with Crippen molar-refractivity contribution in [2.24, 2.45) is 0 Å². The first-order valence-corrected chi connectivity index (χ1v) is 4.87. The molecule has 0 bridgehead atoms. The van der Waals surface area contributed by atoms with Gasteiger partial charge in [0.1, 0.15) is 0 Å². The molecule has 0 aliphatic heterocycles. The van der Waals surface area contributed by atoms with Crippen molar-refractivity contribution in [3.63, 3.8) is 0 Å². The van der Waals surface area contributed by atoms with Gasteiger partial charge in [-0.25, -0.2) is 4.98 Å². The van der Waals surface area contributed by atoms with Crippen LogP contribution >= 0.6 is 0 Å². The average molecular weight is 218 g/mol. The fraction of sp³-hybridized carbons (Fsp3) is 0.167. The molecule has 0 saturated carbocycles. The molecule has 0 saturated heterocycles. The number of benzene rings is 1. The Hall–Kier alpha value is -2.10. The Kier molecular flexibility index (Phi) is 4.79. The summed E-state index contributed by atoms with van der Waals surface area (Å²) in [4.78, 5) is 13.0. The molecule has 0 aliphatic rings. The molecule has 4 nitrogen and oxygen atoms in total. The largest absolute Gasteiger partial charge is 0.481 e. The summed E-state index contributed by atoms with van der Waals surface area (Å²) in [7, 11) is 0. The lowest BCUT2D eigenvalue weighted by Crippen LogP contribution is -1.95. The summed E-state index contributed by atoms with van der Waals surface area (Å²) in [5.41, 5.74) is 1.30. The van der Waals surface area contributed by atoms with Crippen molar-refractivity contribution in [1.29, 1.82) is 0 Å². The van der Waals surface area contributed by atoms with Gasteiger partial charge >= 0.3 is 0 Å². The molecular formula is C12H14N2O2. The third-order valence-corrected chi connectivity index (χ3v) is 1.77. The first-order chi connectivity index (χ1) is 7.68. The highest BCUT2D eigenvalue weighted by molar-refractivity contribution is 5.62. The van der Waals surface area contributed by atoms with Crippen LogP contribution in [0.4, 0.5) is 0 Å². The number of aliphatic carboxylic acids is 1. The summed E-state index contributed by atoms with van der Waals surface area (Å²) < 4.78 is 2.05. The van der Waals surface area contributed by atoms with Gasteiger partial charge in [0.05, 0.1) is 6.33 Å². The van der Waals surface area contributed by atoms with Crippen LogP contribution in [0.5, 0.6) is 0 Å². The van der Waals surface area contributed by atoms with E-state index in [4.69, 9.17) is 9.90 Å². The Morgan fingerprint density at radius 2 is 2.00 bits per heavy atom. The fourth-order valence-corrected chi connectivity index (χ4v) is 1.17. The number of carboxylic acid groups (broad SMARTS) is 1. The van der Waals surface area contributed by atoms with E-state index in [-0.39, 0.29) is 0 Å². The van der Waals surface area contributed by atoms with Crippen molar-refractivity contribution < 1.29 is 9.90 Å². The first kappa shape index (κ1) is 12.0. The Labute approximate surface area is 94.2 Å². The predicted molar refractivity (Wildman–Crippen MR) is 61.1 cm³/mol. The molecule has 2 aromatic rings. The van der Waals surface area contributed by atoms with Gasteiger partial charge in [-0.15, -0.1) is 0 Å². The summed E-state index contributed by atoms with van der Waals surface area (Å²) in [6.07, 6.45) is 5.59. The van der Waals surface area contributed by atoms with Gasteiger partial charge in [0.2, 0.25) is 0 Å². The van der Waals surface area contributed by atoms with E-state index in [0.29, 0.717) is 0 Å². The van der Waals surface area contributed by atoms with E-state index >= 15 is 0 Å². The van der Waals surface area contributed by atoms with Crippen molar-refractivity contribution in [3.8, 4) is 0 Å². The maximum atomic E-state index is 9.00. The second-order valence-electron chi connectivity index (χ2n) is 3.24. The molecule has 0 spiro atoms. The van der Waals surface area contributed by atoms with Crippen molar-refractivity contribution in [2.45, 2.75) is 13.5 Å². The molecule has 1 heterocycles. The monoisotopic (exact) mass is 218 g/mol. The van der Waals surface area contributed by atoms with Crippen LogP contribution in [0.25, 0.3) is 0 Å². The van der Waals surface area contributed by atoms with Gasteiger partial charge in [-0.1, -0.05) is 30.3 Å². The van der Waals surface area contributed by atoms with Crippen LogP contribution < -0.4 is 0 Å². The Bertz CT molecular complexity index is 406. The standard InChI is InChI=1S/C10H10N2.C2H4O2/c1-2-4-10(5-3-1)8-12-7-6-11-9-12;1-2(3)4/h1-7,9H,8H2;1H3,(H,3,4). The second-order valence-corrected chi connectivity index (χ2v) is 3.24. The number of imidazole rings is 1. The lowest BCUT2D eigenvalue weighted by molar-refractivity contribution is -0.134. The molecule has 1 aromatic heterocycles. The molecule has 4 heteroatoms. The van der Waals surface area contributed by atoms with Gasteiger partial charge in [-0.3, -0.25) is 4.79 Å². The summed E-state index contributed by atoms with van der Waals surface area (Å²) >= 11 is 0. The molecule has 2 rings (SSSR count). The van der Waals surface area contributed by atoms with Crippen molar-refractivity contribution >= 4 is 5.97 Å². The van der Waals surface area contributed by atoms with Crippen molar-refractivity contribution in [1.82, 2.24) is 9.55 Å². The highest BCUT2D eigenvalue weighted by atomic mass is 16.4. The summed E-state index contributed by atoms with van der Waals surface area (Å²) in [5, 5.41) is 7.42. The predicted octanol–water partition coefficient (Wildman–Crippen LogP) is 2.02. The van der Waals surface area contributed by atoms with E-state index in [1.54, 1.807) is 6.20 Å². The van der Waals surface area contributed by atoms with Gasteiger partial charge in [0, 0.05) is 25.9 Å². The molecule has 84 valence electrons. The van der Waals surface area contributed by atoms with Crippen molar-refractivity contribution in [2.75, 3.05) is 0 Å². The van der Waals surface area contributed by atoms with Gasteiger partial charge in [-0.2, -0.15) is 0 Å². The molecule has 0 amide bonds. The molecule has 0 aliphatic carbocycles. The molecule has 0 radical (unpaired) electrons. The molecule has 0 fully saturated rings. The number of aromatic nitrogens is 2. The minimum absolute atomic E-state index is 0.833. The number of hydrogen-bond acceptors (Lipinski definition) is 2. The lowest BCUT2D eigenvalue weighted by Gasteiger charge is -2.00. The van der Waals surface area contributed by atoms with Crippen molar-refractivity contribution in [3.05, 3.63) is 54.6 Å². The van der Waals surface area contributed by atoms with Crippen LogP contribution in [0, 0.1) is 0 Å². The molecule has 1 N–H and O–H groups in total. The average Bonchev–Trinajstić information content (AvgIpc) is 2.71. The third kappa shape index (κ3) is 4.95. The number of nitrogens with zero attached hydrogens (tertiary/aromatic N) is 2. The Morgan fingerprint density at radius 3 is 2.50 bits per heavy atom. The number of carbonyl (C=O) groups is 1. The summed E-state index contributed by atoms with van der Waals surface area (Å²) in [5.74, 6) is -0.833. The maximum Gasteiger partial charge on any atom is 0.300 e. The topological polar surface area (TPSA) is 55.1 Å². The van der Waals surface area contributed by atoms with E-state index in [1.165, 1.54) is 5.56 Å². The smallest absolute Gasteiger partial charge is 0.300 e. The van der Waals surface area contributed by atoms with Crippen LogP contribution in [0.1, 0.15) is 12.5 Å². The van der Waals surface area contributed by atoms with Crippen LogP contribution in [-0.4, -0.2) is 20.6 Å². The van der Waals surface area contributed by atoms with E-state index < -0.39 is 5.97 Å². The van der Waals surface area contributed by atoms with Crippen LogP contribution in [0.2, 0.25) is 0 Å². The zero-order valence-corrected chi connectivity index (χ0v) is 9.08. The zero-order chi connectivity index (χ0) is 11.8. The number of hydrogen-bond donors (Lipinski definition) is 1.